The Hall–Kier alpha value is -2.93. The molecule has 1 saturated heterocycles. The zero-order chi connectivity index (χ0) is 19.0. The van der Waals surface area contributed by atoms with E-state index in [2.05, 4.69) is 16.4 Å². The Morgan fingerprint density at radius 1 is 1.11 bits per heavy atom. The van der Waals surface area contributed by atoms with Crippen LogP contribution in [0.25, 0.3) is 6.08 Å². The Kier molecular flexibility index (Phi) is 4.53. The van der Waals surface area contributed by atoms with Crippen LogP contribution in [0.2, 0.25) is 0 Å². The van der Waals surface area contributed by atoms with Gasteiger partial charge in [0.25, 0.3) is 5.91 Å². The average molecular weight is 382 g/mol. The highest BCUT2D eigenvalue weighted by atomic mass is 32.2. The maximum Gasteiger partial charge on any atom is 0.264 e. The number of amidine groups is 1. The molecular formula is C20H18N2O4S. The first-order chi connectivity index (χ1) is 13.0. The molecule has 4 rings (SSSR count). The zero-order valence-corrected chi connectivity index (χ0v) is 16.0. The highest BCUT2D eigenvalue weighted by Gasteiger charge is 2.25. The standard InChI is InChI=1S/C20H18N2O4S/c1-11-4-12(2)6-14(5-11)21-20-22-19(23)18(27-20)8-13-7-16-17(26-10-25-16)9-15(13)24-3/h4-9H,10H2,1-3H3,(H,21,22,23)/b18-8+. The van der Waals surface area contributed by atoms with E-state index < -0.39 is 0 Å². The zero-order valence-electron chi connectivity index (χ0n) is 15.2. The highest BCUT2D eigenvalue weighted by molar-refractivity contribution is 8.18. The van der Waals surface area contributed by atoms with Crippen molar-refractivity contribution in [1.82, 2.24) is 5.32 Å². The number of hydrogen-bond acceptors (Lipinski definition) is 6. The molecule has 2 aliphatic heterocycles. The molecule has 0 unspecified atom stereocenters. The monoisotopic (exact) mass is 382 g/mol. The third kappa shape index (κ3) is 3.64. The summed E-state index contributed by atoms with van der Waals surface area (Å²) in [4.78, 5) is 17.5. The van der Waals surface area contributed by atoms with Crippen LogP contribution in [0.15, 0.2) is 40.2 Å². The molecule has 1 amide bonds. The lowest BCUT2D eigenvalue weighted by Gasteiger charge is -2.06. The molecule has 2 aromatic rings. The third-order valence-corrected chi connectivity index (χ3v) is 5.01. The van der Waals surface area contributed by atoms with E-state index in [4.69, 9.17) is 14.2 Å². The van der Waals surface area contributed by atoms with Gasteiger partial charge in [0.1, 0.15) is 5.75 Å². The van der Waals surface area contributed by atoms with E-state index in [1.165, 1.54) is 11.8 Å². The summed E-state index contributed by atoms with van der Waals surface area (Å²) in [5, 5.41) is 3.36. The van der Waals surface area contributed by atoms with E-state index in [1.807, 2.05) is 26.0 Å². The lowest BCUT2D eigenvalue weighted by Crippen LogP contribution is -2.19. The van der Waals surface area contributed by atoms with E-state index in [0.717, 1.165) is 22.4 Å². The van der Waals surface area contributed by atoms with Crippen molar-refractivity contribution < 1.29 is 19.0 Å². The van der Waals surface area contributed by atoms with Gasteiger partial charge in [-0.15, -0.1) is 0 Å². The highest BCUT2D eigenvalue weighted by Crippen LogP contribution is 2.40. The number of fused-ring (bicyclic) bond motifs is 1. The normalized spacial score (nSPS) is 18.3. The molecule has 27 heavy (non-hydrogen) atoms. The van der Waals surface area contributed by atoms with Crippen molar-refractivity contribution in [2.24, 2.45) is 4.99 Å². The van der Waals surface area contributed by atoms with Gasteiger partial charge >= 0.3 is 0 Å². The van der Waals surface area contributed by atoms with Crippen molar-refractivity contribution in [3.05, 3.63) is 51.9 Å². The molecule has 2 aliphatic rings. The quantitative estimate of drug-likeness (QED) is 0.815. The molecule has 0 saturated carbocycles. The second-order valence-electron chi connectivity index (χ2n) is 6.28. The van der Waals surface area contributed by atoms with E-state index in [-0.39, 0.29) is 12.7 Å². The number of nitrogens with one attached hydrogen (secondary N) is 1. The minimum Gasteiger partial charge on any atom is -0.496 e. The average Bonchev–Trinajstić information content (AvgIpc) is 3.19. The molecule has 2 aromatic carbocycles. The van der Waals surface area contributed by atoms with Crippen LogP contribution in [0.3, 0.4) is 0 Å². The van der Waals surface area contributed by atoms with E-state index in [0.29, 0.717) is 27.3 Å². The third-order valence-electron chi connectivity index (χ3n) is 4.10. The van der Waals surface area contributed by atoms with E-state index >= 15 is 0 Å². The van der Waals surface area contributed by atoms with Crippen LogP contribution in [0, 0.1) is 13.8 Å². The summed E-state index contributed by atoms with van der Waals surface area (Å²) >= 11 is 1.30. The Bertz CT molecular complexity index is 977. The van der Waals surface area contributed by atoms with Gasteiger partial charge in [-0.2, -0.15) is 0 Å². The summed E-state index contributed by atoms with van der Waals surface area (Å²) in [5.74, 6) is 1.69. The molecule has 2 heterocycles. The van der Waals surface area contributed by atoms with Crippen LogP contribution in [0.4, 0.5) is 5.69 Å². The molecule has 0 radical (unpaired) electrons. The molecular weight excluding hydrogens is 364 g/mol. The van der Waals surface area contributed by atoms with Crippen molar-refractivity contribution in [2.75, 3.05) is 13.9 Å². The van der Waals surface area contributed by atoms with Crippen LogP contribution in [0.5, 0.6) is 17.2 Å². The predicted molar refractivity (Wildman–Crippen MR) is 106 cm³/mol. The van der Waals surface area contributed by atoms with E-state index in [1.54, 1.807) is 25.3 Å². The fourth-order valence-corrected chi connectivity index (χ4v) is 3.82. The molecule has 0 aliphatic carbocycles. The van der Waals surface area contributed by atoms with Crippen molar-refractivity contribution in [3.63, 3.8) is 0 Å². The number of carbonyl (C=O) groups excluding carboxylic acids is 1. The van der Waals surface area contributed by atoms with Gasteiger partial charge < -0.3 is 19.5 Å². The largest absolute Gasteiger partial charge is 0.496 e. The number of thioether (sulfide) groups is 1. The molecule has 0 atom stereocenters. The molecule has 0 bridgehead atoms. The second kappa shape index (κ2) is 7.00. The molecule has 6 nitrogen and oxygen atoms in total. The summed E-state index contributed by atoms with van der Waals surface area (Å²) in [6, 6.07) is 9.61. The molecule has 0 aromatic heterocycles. The minimum atomic E-state index is -0.192. The predicted octanol–water partition coefficient (Wildman–Crippen LogP) is 3.93. The number of hydrogen-bond donors (Lipinski definition) is 1. The van der Waals surface area contributed by atoms with Crippen LogP contribution < -0.4 is 19.5 Å². The van der Waals surface area contributed by atoms with Gasteiger partial charge in [0.15, 0.2) is 16.7 Å². The number of aliphatic imine (C=N–C) groups is 1. The first-order valence-electron chi connectivity index (χ1n) is 8.37. The molecule has 1 fully saturated rings. The fourth-order valence-electron chi connectivity index (χ4n) is 2.98. The van der Waals surface area contributed by atoms with Crippen molar-refractivity contribution in [3.8, 4) is 17.2 Å². The second-order valence-corrected chi connectivity index (χ2v) is 7.31. The smallest absolute Gasteiger partial charge is 0.264 e. The Morgan fingerprint density at radius 3 is 2.52 bits per heavy atom. The molecule has 1 N–H and O–H groups in total. The van der Waals surface area contributed by atoms with Gasteiger partial charge in [0.05, 0.1) is 17.7 Å². The Labute approximate surface area is 161 Å². The van der Waals surface area contributed by atoms with Gasteiger partial charge in [-0.25, -0.2) is 4.99 Å². The number of benzene rings is 2. The maximum absolute atomic E-state index is 12.4. The molecule has 7 heteroatoms. The summed E-state index contributed by atoms with van der Waals surface area (Å²) < 4.78 is 16.2. The van der Waals surface area contributed by atoms with Gasteiger partial charge in [-0.05, 0) is 61.0 Å². The number of ether oxygens (including phenoxy) is 3. The first kappa shape index (κ1) is 17.5. The summed E-state index contributed by atoms with van der Waals surface area (Å²) in [6.07, 6.45) is 1.77. The lowest BCUT2D eigenvalue weighted by molar-refractivity contribution is -0.115. The van der Waals surface area contributed by atoms with Gasteiger partial charge in [0.2, 0.25) is 6.79 Å². The number of aryl methyl sites for hydroxylation is 2. The number of nitrogens with zero attached hydrogens (tertiary/aromatic N) is 1. The topological polar surface area (TPSA) is 69.2 Å². The van der Waals surface area contributed by atoms with Crippen LogP contribution in [-0.2, 0) is 4.79 Å². The summed E-state index contributed by atoms with van der Waals surface area (Å²) in [7, 11) is 1.58. The van der Waals surface area contributed by atoms with Crippen molar-refractivity contribution in [2.45, 2.75) is 13.8 Å². The van der Waals surface area contributed by atoms with Crippen LogP contribution in [-0.4, -0.2) is 25.0 Å². The molecule has 138 valence electrons. The SMILES string of the molecule is COc1cc2c(cc1/C=C1/SC(=Nc3cc(C)cc(C)c3)NC1=O)OCO2. The minimum absolute atomic E-state index is 0.181. The van der Waals surface area contributed by atoms with Crippen molar-refractivity contribution in [1.29, 1.82) is 0 Å². The van der Waals surface area contributed by atoms with E-state index in [9.17, 15) is 4.79 Å². The van der Waals surface area contributed by atoms with Gasteiger partial charge in [-0.3, -0.25) is 4.79 Å². The maximum atomic E-state index is 12.4. The summed E-state index contributed by atoms with van der Waals surface area (Å²) in [5.41, 5.74) is 3.82. The number of rotatable bonds is 3. The van der Waals surface area contributed by atoms with Crippen LogP contribution >= 0.6 is 11.8 Å². The Morgan fingerprint density at radius 2 is 1.81 bits per heavy atom. The number of amides is 1. The first-order valence-corrected chi connectivity index (χ1v) is 9.19. The van der Waals surface area contributed by atoms with Gasteiger partial charge in [-0.1, -0.05) is 6.07 Å². The number of carbonyl (C=O) groups is 1. The van der Waals surface area contributed by atoms with Crippen LogP contribution in [0.1, 0.15) is 16.7 Å². The Balaban J connectivity index is 1.64. The lowest BCUT2D eigenvalue weighted by atomic mass is 10.1. The summed E-state index contributed by atoms with van der Waals surface area (Å²) in [6.45, 7) is 4.23. The van der Waals surface area contributed by atoms with Gasteiger partial charge in [0, 0.05) is 11.6 Å². The van der Waals surface area contributed by atoms with Crippen molar-refractivity contribution >= 4 is 34.6 Å². The number of methoxy groups -OCH3 is 1. The fraction of sp³-hybridized carbons (Fsp3) is 0.200. The molecule has 0 spiro atoms.